The maximum absolute atomic E-state index is 13.3. The predicted molar refractivity (Wildman–Crippen MR) is 97.5 cm³/mol. The molecule has 0 aliphatic carbocycles. The molecule has 0 bridgehead atoms. The van der Waals surface area contributed by atoms with Crippen molar-refractivity contribution in [2.24, 2.45) is 0 Å². The molecule has 122 valence electrons. The molecule has 4 rings (SSSR count). The average molecular weight is 328 g/mol. The van der Waals surface area contributed by atoms with E-state index in [4.69, 9.17) is 4.74 Å². The van der Waals surface area contributed by atoms with E-state index in [1.165, 1.54) is 0 Å². The van der Waals surface area contributed by atoms with Gasteiger partial charge in [0.2, 0.25) is 5.78 Å². The zero-order chi connectivity index (χ0) is 17.2. The van der Waals surface area contributed by atoms with Crippen LogP contribution in [0.2, 0.25) is 0 Å². The molecule has 0 amide bonds. The summed E-state index contributed by atoms with van der Waals surface area (Å²) in [7, 11) is 1.57. The van der Waals surface area contributed by atoms with Crippen molar-refractivity contribution in [3.05, 3.63) is 90.3 Å². The minimum absolute atomic E-state index is 0.0979. The highest BCUT2D eigenvalue weighted by molar-refractivity contribution is 6.12. The van der Waals surface area contributed by atoms with Gasteiger partial charge in [-0.1, -0.05) is 36.4 Å². The molecular formula is C21H16N2O2. The SMILES string of the molecule is COc1ccccc1C(=O)c1cc2ccccc2n1-c1ccccn1. The number of rotatable bonds is 4. The molecule has 2 heterocycles. The van der Waals surface area contributed by atoms with Gasteiger partial charge in [0.1, 0.15) is 11.6 Å². The van der Waals surface area contributed by atoms with Crippen molar-refractivity contribution in [2.45, 2.75) is 0 Å². The summed E-state index contributed by atoms with van der Waals surface area (Å²) < 4.78 is 7.25. The first-order chi connectivity index (χ1) is 12.3. The fourth-order valence-corrected chi connectivity index (χ4v) is 3.02. The maximum atomic E-state index is 13.3. The van der Waals surface area contributed by atoms with Gasteiger partial charge >= 0.3 is 0 Å². The number of ether oxygens (including phenoxy) is 1. The molecule has 0 saturated heterocycles. The Bertz CT molecular complexity index is 1050. The van der Waals surface area contributed by atoms with Crippen LogP contribution in [0.15, 0.2) is 79.0 Å². The number of carbonyl (C=O) groups is 1. The van der Waals surface area contributed by atoms with Crippen LogP contribution in [0.3, 0.4) is 0 Å². The molecule has 25 heavy (non-hydrogen) atoms. The number of pyridine rings is 1. The molecule has 0 spiro atoms. The highest BCUT2D eigenvalue weighted by Gasteiger charge is 2.21. The number of fused-ring (bicyclic) bond motifs is 1. The molecule has 0 fully saturated rings. The van der Waals surface area contributed by atoms with Crippen LogP contribution >= 0.6 is 0 Å². The first-order valence-corrected chi connectivity index (χ1v) is 7.99. The molecule has 0 radical (unpaired) electrons. The summed E-state index contributed by atoms with van der Waals surface area (Å²) in [6.07, 6.45) is 1.72. The summed E-state index contributed by atoms with van der Waals surface area (Å²) in [5, 5.41) is 0.992. The average Bonchev–Trinajstić information content (AvgIpc) is 3.07. The molecule has 0 aliphatic rings. The normalized spacial score (nSPS) is 10.8. The smallest absolute Gasteiger partial charge is 0.213 e. The Kier molecular flexibility index (Phi) is 3.78. The summed E-state index contributed by atoms with van der Waals surface area (Å²) in [6.45, 7) is 0. The third-order valence-electron chi connectivity index (χ3n) is 4.17. The number of benzene rings is 2. The number of nitrogens with zero attached hydrogens (tertiary/aromatic N) is 2. The van der Waals surface area contributed by atoms with Crippen molar-refractivity contribution in [3.8, 4) is 11.6 Å². The van der Waals surface area contributed by atoms with Crippen molar-refractivity contribution in [3.63, 3.8) is 0 Å². The van der Waals surface area contributed by atoms with Crippen LogP contribution in [0, 0.1) is 0 Å². The highest BCUT2D eigenvalue weighted by Crippen LogP contribution is 2.28. The van der Waals surface area contributed by atoms with Gasteiger partial charge in [0, 0.05) is 11.6 Å². The molecular weight excluding hydrogens is 312 g/mol. The van der Waals surface area contributed by atoms with E-state index in [2.05, 4.69) is 4.98 Å². The van der Waals surface area contributed by atoms with Crippen LogP contribution in [-0.4, -0.2) is 22.4 Å². The number of carbonyl (C=O) groups excluding carboxylic acids is 1. The second-order valence-electron chi connectivity index (χ2n) is 5.64. The van der Waals surface area contributed by atoms with Gasteiger partial charge < -0.3 is 4.74 Å². The minimum atomic E-state index is -0.0979. The monoisotopic (exact) mass is 328 g/mol. The van der Waals surface area contributed by atoms with E-state index in [0.717, 1.165) is 10.9 Å². The Labute approximate surface area is 145 Å². The lowest BCUT2D eigenvalue weighted by atomic mass is 10.1. The third kappa shape index (κ3) is 2.58. The number of aromatic nitrogens is 2. The predicted octanol–water partition coefficient (Wildman–Crippen LogP) is 4.27. The maximum Gasteiger partial charge on any atom is 0.213 e. The van der Waals surface area contributed by atoms with Crippen LogP contribution < -0.4 is 4.74 Å². The number of methoxy groups -OCH3 is 1. The van der Waals surface area contributed by atoms with E-state index < -0.39 is 0 Å². The summed E-state index contributed by atoms with van der Waals surface area (Å²) in [5.74, 6) is 1.17. The highest BCUT2D eigenvalue weighted by atomic mass is 16.5. The van der Waals surface area contributed by atoms with Crippen LogP contribution in [0.25, 0.3) is 16.7 Å². The fourth-order valence-electron chi connectivity index (χ4n) is 3.02. The Balaban J connectivity index is 1.97. The van der Waals surface area contributed by atoms with Gasteiger partial charge in [-0.05, 0) is 36.4 Å². The van der Waals surface area contributed by atoms with Crippen molar-refractivity contribution in [2.75, 3.05) is 7.11 Å². The molecule has 0 saturated carbocycles. The zero-order valence-corrected chi connectivity index (χ0v) is 13.7. The van der Waals surface area contributed by atoms with Crippen LogP contribution in [0.4, 0.5) is 0 Å². The topological polar surface area (TPSA) is 44.1 Å². The van der Waals surface area contributed by atoms with Gasteiger partial charge in [-0.3, -0.25) is 9.36 Å². The summed E-state index contributed by atoms with van der Waals surface area (Å²) in [5.41, 5.74) is 2.04. The van der Waals surface area contributed by atoms with E-state index >= 15 is 0 Å². The molecule has 0 atom stereocenters. The lowest BCUT2D eigenvalue weighted by Gasteiger charge is -2.11. The largest absolute Gasteiger partial charge is 0.496 e. The van der Waals surface area contributed by atoms with E-state index in [-0.39, 0.29) is 5.78 Å². The second kappa shape index (κ2) is 6.24. The lowest BCUT2D eigenvalue weighted by Crippen LogP contribution is -2.10. The summed E-state index contributed by atoms with van der Waals surface area (Å²) >= 11 is 0. The number of para-hydroxylation sites is 2. The standard InChI is InChI=1S/C21H16N2O2/c1-25-19-11-5-3-9-16(19)21(24)18-14-15-8-2-4-10-17(15)23(18)20-12-6-7-13-22-20/h2-14H,1H3. The number of hydrogen-bond acceptors (Lipinski definition) is 3. The lowest BCUT2D eigenvalue weighted by molar-refractivity contribution is 0.103. The van der Waals surface area contributed by atoms with Gasteiger partial charge in [-0.2, -0.15) is 0 Å². The molecule has 4 heteroatoms. The van der Waals surface area contributed by atoms with Gasteiger partial charge in [-0.25, -0.2) is 4.98 Å². The number of ketones is 1. The molecule has 0 aliphatic heterocycles. The molecule has 2 aromatic carbocycles. The van der Waals surface area contributed by atoms with E-state index in [1.807, 2.05) is 65.2 Å². The Morgan fingerprint density at radius 2 is 1.72 bits per heavy atom. The Morgan fingerprint density at radius 3 is 2.52 bits per heavy atom. The minimum Gasteiger partial charge on any atom is -0.496 e. The third-order valence-corrected chi connectivity index (χ3v) is 4.17. The molecule has 2 aromatic heterocycles. The van der Waals surface area contributed by atoms with Crippen LogP contribution in [0.1, 0.15) is 16.1 Å². The van der Waals surface area contributed by atoms with E-state index in [0.29, 0.717) is 22.8 Å². The Hall–Kier alpha value is -3.40. The van der Waals surface area contributed by atoms with Crippen molar-refractivity contribution in [1.82, 2.24) is 9.55 Å². The van der Waals surface area contributed by atoms with Crippen molar-refractivity contribution < 1.29 is 9.53 Å². The summed E-state index contributed by atoms with van der Waals surface area (Å²) in [4.78, 5) is 17.7. The molecule has 4 nitrogen and oxygen atoms in total. The summed E-state index contributed by atoms with van der Waals surface area (Å²) in [6, 6.07) is 22.7. The van der Waals surface area contributed by atoms with Crippen molar-refractivity contribution >= 4 is 16.7 Å². The van der Waals surface area contributed by atoms with Gasteiger partial charge in [0.15, 0.2) is 0 Å². The van der Waals surface area contributed by atoms with E-state index in [9.17, 15) is 4.79 Å². The van der Waals surface area contributed by atoms with E-state index in [1.54, 1.807) is 25.4 Å². The van der Waals surface area contributed by atoms with Crippen LogP contribution in [-0.2, 0) is 0 Å². The van der Waals surface area contributed by atoms with Crippen LogP contribution in [0.5, 0.6) is 5.75 Å². The van der Waals surface area contributed by atoms with Gasteiger partial charge in [0.05, 0.1) is 23.9 Å². The second-order valence-corrected chi connectivity index (χ2v) is 5.64. The fraction of sp³-hybridized carbons (Fsp3) is 0.0476. The quantitative estimate of drug-likeness (QED) is 0.526. The molecule has 4 aromatic rings. The first kappa shape index (κ1) is 15.1. The van der Waals surface area contributed by atoms with Gasteiger partial charge in [0.25, 0.3) is 0 Å². The number of hydrogen-bond donors (Lipinski definition) is 0. The van der Waals surface area contributed by atoms with Gasteiger partial charge in [-0.15, -0.1) is 0 Å². The molecule has 0 N–H and O–H groups in total. The zero-order valence-electron chi connectivity index (χ0n) is 13.7. The Morgan fingerprint density at radius 1 is 0.960 bits per heavy atom. The molecule has 0 unspecified atom stereocenters. The first-order valence-electron chi connectivity index (χ1n) is 7.99. The van der Waals surface area contributed by atoms with Crippen molar-refractivity contribution in [1.29, 1.82) is 0 Å².